The van der Waals surface area contributed by atoms with Crippen LogP contribution < -0.4 is 10.6 Å². The molecule has 21 heavy (non-hydrogen) atoms. The molecular weight excluding hydrogens is 268 g/mol. The highest BCUT2D eigenvalue weighted by molar-refractivity contribution is 5.99. The third-order valence-corrected chi connectivity index (χ3v) is 3.13. The maximum atomic E-state index is 12.0. The molecule has 2 N–H and O–H groups in total. The molecule has 1 aromatic carbocycles. The largest absolute Gasteiger partial charge is 0.372 e. The Hall–Kier alpha value is -1.88. The van der Waals surface area contributed by atoms with Gasteiger partial charge in [0, 0.05) is 24.4 Å². The molecule has 116 valence electrons. The molecule has 0 aliphatic carbocycles. The van der Waals surface area contributed by atoms with Crippen molar-refractivity contribution in [1.82, 2.24) is 5.32 Å². The summed E-state index contributed by atoms with van der Waals surface area (Å²) in [6, 6.07) is 5.32. The molecule has 0 fully saturated rings. The van der Waals surface area contributed by atoms with Crippen LogP contribution in [0.2, 0.25) is 0 Å². The van der Waals surface area contributed by atoms with Gasteiger partial charge >= 0.3 is 0 Å². The molecule has 0 saturated carbocycles. The van der Waals surface area contributed by atoms with Gasteiger partial charge in [-0.3, -0.25) is 9.59 Å². The van der Waals surface area contributed by atoms with Gasteiger partial charge in [-0.1, -0.05) is 13.0 Å². The fourth-order valence-corrected chi connectivity index (χ4v) is 1.92. The smallest absolute Gasteiger partial charge is 0.253 e. The van der Waals surface area contributed by atoms with E-state index in [-0.39, 0.29) is 17.9 Å². The molecule has 0 heterocycles. The third kappa shape index (κ3) is 4.86. The Bertz CT molecular complexity index is 508. The fraction of sp³-hybridized carbons (Fsp3) is 0.500. The SMILES string of the molecule is CCC(OC)C(=O)Nc1cc(C(=O)NC(C)C)ccc1C. The molecule has 0 aliphatic heterocycles. The standard InChI is InChI=1S/C16H24N2O3/c1-6-14(21-5)16(20)18-13-9-12(8-7-11(13)4)15(19)17-10(2)3/h7-10,14H,6H2,1-5H3,(H,17,19)(H,18,20). The van der Waals surface area contributed by atoms with E-state index in [0.717, 1.165) is 5.56 Å². The summed E-state index contributed by atoms with van der Waals surface area (Å²) in [5, 5.41) is 5.64. The number of hydrogen-bond acceptors (Lipinski definition) is 3. The highest BCUT2D eigenvalue weighted by Gasteiger charge is 2.17. The lowest BCUT2D eigenvalue weighted by Gasteiger charge is -2.16. The van der Waals surface area contributed by atoms with Crippen molar-refractivity contribution >= 4 is 17.5 Å². The highest BCUT2D eigenvalue weighted by Crippen LogP contribution is 2.18. The predicted octanol–water partition coefficient (Wildman–Crippen LogP) is 2.50. The zero-order valence-corrected chi connectivity index (χ0v) is 13.3. The first kappa shape index (κ1) is 17.2. The summed E-state index contributed by atoms with van der Waals surface area (Å²) in [6.07, 6.45) is 0.104. The number of benzene rings is 1. The van der Waals surface area contributed by atoms with Crippen molar-refractivity contribution in [2.45, 2.75) is 46.3 Å². The van der Waals surface area contributed by atoms with Gasteiger partial charge in [-0.05, 0) is 44.9 Å². The van der Waals surface area contributed by atoms with Crippen molar-refractivity contribution in [2.75, 3.05) is 12.4 Å². The van der Waals surface area contributed by atoms with Crippen molar-refractivity contribution in [3.63, 3.8) is 0 Å². The average Bonchev–Trinajstić information content (AvgIpc) is 2.41. The minimum atomic E-state index is -0.488. The van der Waals surface area contributed by atoms with Gasteiger partial charge in [0.1, 0.15) is 6.10 Å². The minimum Gasteiger partial charge on any atom is -0.372 e. The number of methoxy groups -OCH3 is 1. The third-order valence-electron chi connectivity index (χ3n) is 3.13. The molecular formula is C16H24N2O3. The lowest BCUT2D eigenvalue weighted by molar-refractivity contribution is -0.125. The molecule has 1 atom stereocenters. The highest BCUT2D eigenvalue weighted by atomic mass is 16.5. The Kier molecular flexibility index (Phi) is 6.37. The van der Waals surface area contributed by atoms with Crippen molar-refractivity contribution in [2.24, 2.45) is 0 Å². The molecule has 5 heteroatoms. The number of anilines is 1. The van der Waals surface area contributed by atoms with Gasteiger partial charge in [0.15, 0.2) is 0 Å². The summed E-state index contributed by atoms with van der Waals surface area (Å²) in [5.74, 6) is -0.358. The quantitative estimate of drug-likeness (QED) is 0.846. The summed E-state index contributed by atoms with van der Waals surface area (Å²) in [7, 11) is 1.51. The zero-order valence-electron chi connectivity index (χ0n) is 13.3. The Morgan fingerprint density at radius 1 is 1.29 bits per heavy atom. The van der Waals surface area contributed by atoms with Crippen LogP contribution >= 0.6 is 0 Å². The summed E-state index contributed by atoms with van der Waals surface area (Å²) < 4.78 is 5.11. The van der Waals surface area contributed by atoms with E-state index in [2.05, 4.69) is 10.6 Å². The van der Waals surface area contributed by atoms with Crippen LogP contribution in [0.25, 0.3) is 0 Å². The van der Waals surface area contributed by atoms with E-state index in [1.54, 1.807) is 12.1 Å². The van der Waals surface area contributed by atoms with Crippen LogP contribution in [0.5, 0.6) is 0 Å². The second-order valence-electron chi connectivity index (χ2n) is 5.28. The van der Waals surface area contributed by atoms with Crippen LogP contribution in [0.1, 0.15) is 43.1 Å². The molecule has 0 spiro atoms. The number of carbonyl (C=O) groups excluding carboxylic acids is 2. The molecule has 5 nitrogen and oxygen atoms in total. The maximum absolute atomic E-state index is 12.0. The number of rotatable bonds is 6. The molecule has 1 unspecified atom stereocenters. The number of aryl methyl sites for hydroxylation is 1. The van der Waals surface area contributed by atoms with Gasteiger partial charge in [-0.25, -0.2) is 0 Å². The second-order valence-corrected chi connectivity index (χ2v) is 5.28. The lowest BCUT2D eigenvalue weighted by atomic mass is 10.1. The topological polar surface area (TPSA) is 67.4 Å². The number of hydrogen-bond donors (Lipinski definition) is 2. The Balaban J connectivity index is 2.92. The summed E-state index contributed by atoms with van der Waals surface area (Å²) >= 11 is 0. The zero-order chi connectivity index (χ0) is 16.0. The van der Waals surface area contributed by atoms with Crippen LogP contribution in [0.3, 0.4) is 0 Å². The molecule has 1 rings (SSSR count). The molecule has 0 radical (unpaired) electrons. The van der Waals surface area contributed by atoms with Crippen molar-refractivity contribution < 1.29 is 14.3 Å². The van der Waals surface area contributed by atoms with E-state index in [4.69, 9.17) is 4.74 Å². The van der Waals surface area contributed by atoms with Crippen molar-refractivity contribution in [3.05, 3.63) is 29.3 Å². The molecule has 0 saturated heterocycles. The molecule has 1 aromatic rings. The van der Waals surface area contributed by atoms with E-state index < -0.39 is 6.10 Å². The molecule has 0 aromatic heterocycles. The van der Waals surface area contributed by atoms with Gasteiger partial charge in [0.05, 0.1) is 0 Å². The number of amides is 2. The predicted molar refractivity (Wildman–Crippen MR) is 83.5 cm³/mol. The lowest BCUT2D eigenvalue weighted by Crippen LogP contribution is -2.31. The van der Waals surface area contributed by atoms with Gasteiger partial charge in [0.25, 0.3) is 11.8 Å². The normalized spacial score (nSPS) is 12.1. The summed E-state index contributed by atoms with van der Waals surface area (Å²) in [5.41, 5.74) is 2.05. The van der Waals surface area contributed by atoms with Gasteiger partial charge in [0.2, 0.25) is 0 Å². The Morgan fingerprint density at radius 3 is 2.48 bits per heavy atom. The fourth-order valence-electron chi connectivity index (χ4n) is 1.92. The number of carbonyl (C=O) groups is 2. The Morgan fingerprint density at radius 2 is 1.95 bits per heavy atom. The maximum Gasteiger partial charge on any atom is 0.253 e. The van der Waals surface area contributed by atoms with E-state index in [1.807, 2.05) is 33.8 Å². The average molecular weight is 292 g/mol. The van der Waals surface area contributed by atoms with Crippen molar-refractivity contribution in [1.29, 1.82) is 0 Å². The molecule has 0 bridgehead atoms. The van der Waals surface area contributed by atoms with Crippen molar-refractivity contribution in [3.8, 4) is 0 Å². The van der Waals surface area contributed by atoms with Crippen LogP contribution in [0, 0.1) is 6.92 Å². The number of ether oxygens (including phenoxy) is 1. The number of nitrogens with one attached hydrogen (secondary N) is 2. The summed E-state index contributed by atoms with van der Waals surface area (Å²) in [4.78, 5) is 24.1. The summed E-state index contributed by atoms with van der Waals surface area (Å²) in [6.45, 7) is 7.57. The first-order chi connectivity index (χ1) is 9.88. The minimum absolute atomic E-state index is 0.0646. The first-order valence-corrected chi connectivity index (χ1v) is 7.14. The van der Waals surface area contributed by atoms with Crippen LogP contribution in [0.15, 0.2) is 18.2 Å². The van der Waals surface area contributed by atoms with Gasteiger partial charge in [-0.2, -0.15) is 0 Å². The Labute approximate surface area is 126 Å². The van der Waals surface area contributed by atoms with Crippen LogP contribution in [-0.4, -0.2) is 31.1 Å². The molecule has 2 amide bonds. The van der Waals surface area contributed by atoms with E-state index in [1.165, 1.54) is 7.11 Å². The van der Waals surface area contributed by atoms with E-state index in [9.17, 15) is 9.59 Å². The van der Waals surface area contributed by atoms with Gasteiger partial charge in [-0.15, -0.1) is 0 Å². The second kappa shape index (κ2) is 7.78. The van der Waals surface area contributed by atoms with E-state index >= 15 is 0 Å². The first-order valence-electron chi connectivity index (χ1n) is 7.14. The molecule has 0 aliphatic rings. The monoisotopic (exact) mass is 292 g/mol. The van der Waals surface area contributed by atoms with Gasteiger partial charge < -0.3 is 15.4 Å². The van der Waals surface area contributed by atoms with Crippen LogP contribution in [-0.2, 0) is 9.53 Å². The van der Waals surface area contributed by atoms with E-state index in [0.29, 0.717) is 17.7 Å². The van der Waals surface area contributed by atoms with Crippen LogP contribution in [0.4, 0.5) is 5.69 Å².